The van der Waals surface area contributed by atoms with E-state index in [0.29, 0.717) is 13.1 Å². The number of nitrogens with one attached hydrogen (secondary N) is 1. The molecular formula is C16H25N3O2. The van der Waals surface area contributed by atoms with E-state index in [2.05, 4.69) is 27.2 Å². The van der Waals surface area contributed by atoms with Crippen molar-refractivity contribution in [1.29, 1.82) is 0 Å². The molecule has 0 saturated carbocycles. The standard InChI is InChI=1S/C16H25N3O2/c1-3-17-16(2,15(20)21)13-18-9-11-19(12-10-18)14-7-5-4-6-8-14/h4-8,17H,3,9-13H2,1-2H3,(H,20,21). The summed E-state index contributed by atoms with van der Waals surface area (Å²) in [6.45, 7) is 8.56. The molecule has 0 amide bonds. The lowest BCUT2D eigenvalue weighted by molar-refractivity contribution is -0.145. The van der Waals surface area contributed by atoms with Crippen LogP contribution in [0.15, 0.2) is 30.3 Å². The van der Waals surface area contributed by atoms with Crippen LogP contribution in [0.25, 0.3) is 0 Å². The van der Waals surface area contributed by atoms with Gasteiger partial charge in [0.05, 0.1) is 0 Å². The predicted molar refractivity (Wildman–Crippen MR) is 84.8 cm³/mol. The summed E-state index contributed by atoms with van der Waals surface area (Å²) in [6, 6.07) is 10.4. The van der Waals surface area contributed by atoms with Gasteiger partial charge in [-0.05, 0) is 25.6 Å². The number of hydrogen-bond acceptors (Lipinski definition) is 4. The Hall–Kier alpha value is -1.59. The third-order valence-corrected chi connectivity index (χ3v) is 4.07. The van der Waals surface area contributed by atoms with Gasteiger partial charge in [-0.2, -0.15) is 0 Å². The number of carbonyl (C=O) groups is 1. The van der Waals surface area contributed by atoms with Crippen molar-refractivity contribution < 1.29 is 9.90 Å². The Balaban J connectivity index is 1.90. The van der Waals surface area contributed by atoms with E-state index in [1.807, 2.05) is 25.1 Å². The fraction of sp³-hybridized carbons (Fsp3) is 0.562. The van der Waals surface area contributed by atoms with Crippen LogP contribution in [-0.2, 0) is 4.79 Å². The van der Waals surface area contributed by atoms with E-state index >= 15 is 0 Å². The Bertz CT molecular complexity index is 458. The third kappa shape index (κ3) is 3.95. The summed E-state index contributed by atoms with van der Waals surface area (Å²) in [5.74, 6) is -0.783. The molecule has 1 saturated heterocycles. The zero-order valence-corrected chi connectivity index (χ0v) is 12.9. The van der Waals surface area contributed by atoms with Crippen molar-refractivity contribution in [3.05, 3.63) is 30.3 Å². The van der Waals surface area contributed by atoms with Crippen molar-refractivity contribution in [2.75, 3.05) is 44.2 Å². The Labute approximate surface area is 126 Å². The molecule has 0 spiro atoms. The zero-order valence-electron chi connectivity index (χ0n) is 12.9. The molecule has 1 fully saturated rings. The van der Waals surface area contributed by atoms with Crippen LogP contribution in [0.1, 0.15) is 13.8 Å². The monoisotopic (exact) mass is 291 g/mol. The number of likely N-dealkylation sites (N-methyl/N-ethyl adjacent to an activating group) is 1. The summed E-state index contributed by atoms with van der Waals surface area (Å²) < 4.78 is 0. The summed E-state index contributed by atoms with van der Waals surface area (Å²) in [5.41, 5.74) is 0.369. The van der Waals surface area contributed by atoms with Crippen molar-refractivity contribution in [2.24, 2.45) is 0 Å². The lowest BCUT2D eigenvalue weighted by atomic mass is 10.0. The summed E-state index contributed by atoms with van der Waals surface area (Å²) in [7, 11) is 0. The minimum Gasteiger partial charge on any atom is -0.480 e. The second-order valence-corrected chi connectivity index (χ2v) is 5.77. The molecule has 1 unspecified atom stereocenters. The van der Waals surface area contributed by atoms with Crippen molar-refractivity contribution in [1.82, 2.24) is 10.2 Å². The fourth-order valence-electron chi connectivity index (χ4n) is 2.84. The molecule has 116 valence electrons. The molecule has 0 aliphatic carbocycles. The van der Waals surface area contributed by atoms with E-state index in [1.54, 1.807) is 6.92 Å². The Morgan fingerprint density at radius 2 is 1.86 bits per heavy atom. The maximum absolute atomic E-state index is 11.5. The maximum Gasteiger partial charge on any atom is 0.324 e. The first-order chi connectivity index (χ1) is 10.0. The highest BCUT2D eigenvalue weighted by Crippen LogP contribution is 2.17. The number of carboxylic acids is 1. The van der Waals surface area contributed by atoms with Crippen LogP contribution in [0.2, 0.25) is 0 Å². The largest absolute Gasteiger partial charge is 0.480 e. The number of rotatable bonds is 6. The first kappa shape index (κ1) is 15.8. The molecule has 1 aromatic carbocycles. The lowest BCUT2D eigenvalue weighted by Gasteiger charge is -2.39. The number of hydrogen-bond donors (Lipinski definition) is 2. The molecule has 1 aliphatic rings. The molecule has 5 nitrogen and oxygen atoms in total. The van der Waals surface area contributed by atoms with Crippen LogP contribution in [0.3, 0.4) is 0 Å². The number of anilines is 1. The highest BCUT2D eigenvalue weighted by Gasteiger charge is 2.35. The van der Waals surface area contributed by atoms with E-state index in [-0.39, 0.29) is 0 Å². The minimum atomic E-state index is -0.871. The van der Waals surface area contributed by atoms with Gasteiger partial charge in [0.15, 0.2) is 0 Å². The Morgan fingerprint density at radius 1 is 1.24 bits per heavy atom. The van der Waals surface area contributed by atoms with E-state index in [9.17, 15) is 9.90 Å². The summed E-state index contributed by atoms with van der Waals surface area (Å²) in [5, 5.41) is 12.5. The molecule has 1 heterocycles. The number of nitrogens with zero attached hydrogens (tertiary/aromatic N) is 2. The Kier molecular flexibility index (Phi) is 5.20. The first-order valence-electron chi connectivity index (χ1n) is 7.56. The highest BCUT2D eigenvalue weighted by molar-refractivity contribution is 5.78. The highest BCUT2D eigenvalue weighted by atomic mass is 16.4. The molecule has 0 aromatic heterocycles. The zero-order chi connectivity index (χ0) is 15.3. The van der Waals surface area contributed by atoms with Crippen LogP contribution < -0.4 is 10.2 Å². The third-order valence-electron chi connectivity index (χ3n) is 4.07. The quantitative estimate of drug-likeness (QED) is 0.826. The molecule has 21 heavy (non-hydrogen) atoms. The van der Waals surface area contributed by atoms with Gasteiger partial charge in [0.25, 0.3) is 0 Å². The van der Waals surface area contributed by atoms with Gasteiger partial charge in [-0.3, -0.25) is 9.69 Å². The predicted octanol–water partition coefficient (Wildman–Crippen LogP) is 1.26. The smallest absolute Gasteiger partial charge is 0.324 e. The molecule has 1 aliphatic heterocycles. The molecule has 2 rings (SSSR count). The normalized spacial score (nSPS) is 19.2. The van der Waals surface area contributed by atoms with Crippen molar-refractivity contribution in [3.8, 4) is 0 Å². The summed E-state index contributed by atoms with van der Waals surface area (Å²) >= 11 is 0. The van der Waals surface area contributed by atoms with E-state index in [4.69, 9.17) is 0 Å². The van der Waals surface area contributed by atoms with Crippen molar-refractivity contribution in [3.63, 3.8) is 0 Å². The average Bonchev–Trinajstić information content (AvgIpc) is 2.49. The van der Waals surface area contributed by atoms with E-state index in [1.165, 1.54) is 5.69 Å². The van der Waals surface area contributed by atoms with E-state index < -0.39 is 11.5 Å². The summed E-state index contributed by atoms with van der Waals surface area (Å²) in [4.78, 5) is 16.1. The maximum atomic E-state index is 11.5. The summed E-state index contributed by atoms with van der Waals surface area (Å²) in [6.07, 6.45) is 0. The van der Waals surface area contributed by atoms with Gasteiger partial charge in [0.1, 0.15) is 5.54 Å². The first-order valence-corrected chi connectivity index (χ1v) is 7.56. The van der Waals surface area contributed by atoms with Crippen LogP contribution in [0, 0.1) is 0 Å². The molecular weight excluding hydrogens is 266 g/mol. The van der Waals surface area contributed by atoms with Gasteiger partial charge in [-0.1, -0.05) is 25.1 Å². The topological polar surface area (TPSA) is 55.8 Å². The number of aliphatic carboxylic acids is 1. The van der Waals surface area contributed by atoms with Gasteiger partial charge >= 0.3 is 5.97 Å². The number of carboxylic acid groups (broad SMARTS) is 1. The van der Waals surface area contributed by atoms with Crippen LogP contribution >= 0.6 is 0 Å². The van der Waals surface area contributed by atoms with Gasteiger partial charge in [0.2, 0.25) is 0 Å². The van der Waals surface area contributed by atoms with Crippen molar-refractivity contribution in [2.45, 2.75) is 19.4 Å². The minimum absolute atomic E-state index is 0.540. The number of piperazine rings is 1. The lowest BCUT2D eigenvalue weighted by Crippen LogP contribution is -2.59. The second-order valence-electron chi connectivity index (χ2n) is 5.77. The molecule has 1 atom stereocenters. The average molecular weight is 291 g/mol. The Morgan fingerprint density at radius 3 is 2.38 bits per heavy atom. The van der Waals surface area contributed by atoms with Gasteiger partial charge in [-0.25, -0.2) is 0 Å². The van der Waals surface area contributed by atoms with E-state index in [0.717, 1.165) is 26.2 Å². The van der Waals surface area contributed by atoms with Gasteiger partial charge in [0, 0.05) is 38.4 Å². The molecule has 5 heteroatoms. The second kappa shape index (κ2) is 6.91. The van der Waals surface area contributed by atoms with Crippen LogP contribution in [0.4, 0.5) is 5.69 Å². The van der Waals surface area contributed by atoms with Crippen molar-refractivity contribution >= 4 is 11.7 Å². The van der Waals surface area contributed by atoms with Gasteiger partial charge in [-0.15, -0.1) is 0 Å². The molecule has 1 aromatic rings. The number of benzene rings is 1. The number of para-hydroxylation sites is 1. The SMILES string of the molecule is CCNC(C)(CN1CCN(c2ccccc2)CC1)C(=O)O. The molecule has 2 N–H and O–H groups in total. The molecule has 0 radical (unpaired) electrons. The molecule has 0 bridgehead atoms. The fourth-order valence-corrected chi connectivity index (χ4v) is 2.84. The van der Waals surface area contributed by atoms with Crippen LogP contribution in [0.5, 0.6) is 0 Å². The van der Waals surface area contributed by atoms with Crippen LogP contribution in [-0.4, -0.2) is 60.8 Å². The van der Waals surface area contributed by atoms with Gasteiger partial charge < -0.3 is 15.3 Å².